The summed E-state index contributed by atoms with van der Waals surface area (Å²) < 4.78 is 12.8. The van der Waals surface area contributed by atoms with Crippen LogP contribution in [0.25, 0.3) is 5.69 Å². The number of fused-ring (bicyclic) bond motifs is 1. The fourth-order valence-corrected chi connectivity index (χ4v) is 4.00. The highest BCUT2D eigenvalue weighted by Crippen LogP contribution is 2.36. The lowest BCUT2D eigenvalue weighted by Gasteiger charge is -2.10. The van der Waals surface area contributed by atoms with E-state index in [-0.39, 0.29) is 11.7 Å². The van der Waals surface area contributed by atoms with Gasteiger partial charge in [-0.05, 0) is 52.3 Å². The van der Waals surface area contributed by atoms with E-state index in [0.717, 1.165) is 34.2 Å². The number of rotatable bonds is 4. The predicted octanol–water partition coefficient (Wildman–Crippen LogP) is 4.24. The molecule has 0 saturated heterocycles. The first-order valence-electron chi connectivity index (χ1n) is 7.55. The largest absolute Gasteiger partial charge is 0.497 e. The molecule has 3 heterocycles. The van der Waals surface area contributed by atoms with Gasteiger partial charge in [-0.15, -0.1) is 0 Å². The maximum Gasteiger partial charge on any atom is 0.292 e. The number of anilines is 1. The van der Waals surface area contributed by atoms with Gasteiger partial charge < -0.3 is 14.5 Å². The van der Waals surface area contributed by atoms with Crippen LogP contribution in [-0.4, -0.2) is 22.8 Å². The Morgan fingerprint density at radius 1 is 1.28 bits per heavy atom. The Morgan fingerprint density at radius 3 is 2.76 bits per heavy atom. The molecule has 25 heavy (non-hydrogen) atoms. The van der Waals surface area contributed by atoms with Crippen LogP contribution < -0.4 is 10.1 Å². The number of hydrogen-bond acceptors (Lipinski definition) is 5. The molecule has 1 amide bonds. The number of ether oxygens (including phenoxy) is 1. The minimum atomic E-state index is -0.305. The van der Waals surface area contributed by atoms with Crippen molar-refractivity contribution >= 4 is 39.4 Å². The van der Waals surface area contributed by atoms with Crippen LogP contribution in [0.1, 0.15) is 21.8 Å². The number of hydrogen-bond donors (Lipinski definition) is 1. The van der Waals surface area contributed by atoms with Crippen molar-refractivity contribution in [2.45, 2.75) is 11.5 Å². The fraction of sp³-hybridized carbons (Fsp3) is 0.176. The standard InChI is InChI=1S/C17H14BrN3O3S/c1-23-11-4-2-10(3-5-11)21-16(12-8-25-9-13(12)20-21)19-17(22)14-6-7-15(18)24-14/h2-7H,8-9H2,1H3,(H,19,22). The van der Waals surface area contributed by atoms with Crippen LogP contribution in [0.5, 0.6) is 5.75 Å². The molecule has 128 valence electrons. The Kier molecular flexibility index (Phi) is 4.30. The molecule has 0 atom stereocenters. The number of amides is 1. The van der Waals surface area contributed by atoms with E-state index in [1.54, 1.807) is 35.7 Å². The smallest absolute Gasteiger partial charge is 0.292 e. The predicted molar refractivity (Wildman–Crippen MR) is 99.5 cm³/mol. The van der Waals surface area contributed by atoms with Gasteiger partial charge in [-0.2, -0.15) is 16.9 Å². The summed E-state index contributed by atoms with van der Waals surface area (Å²) in [5.74, 6) is 3.05. The van der Waals surface area contributed by atoms with Crippen LogP contribution in [0.4, 0.5) is 5.82 Å². The average Bonchev–Trinajstić information content (AvgIpc) is 3.32. The maximum atomic E-state index is 12.5. The van der Waals surface area contributed by atoms with Gasteiger partial charge in [-0.3, -0.25) is 4.79 Å². The Morgan fingerprint density at radius 2 is 2.08 bits per heavy atom. The highest BCUT2D eigenvalue weighted by atomic mass is 79.9. The molecule has 0 radical (unpaired) electrons. The molecule has 8 heteroatoms. The summed E-state index contributed by atoms with van der Waals surface area (Å²) in [4.78, 5) is 12.5. The van der Waals surface area contributed by atoms with Crippen molar-refractivity contribution < 1.29 is 13.9 Å². The molecular weight excluding hydrogens is 406 g/mol. The molecule has 0 aliphatic carbocycles. The summed E-state index contributed by atoms with van der Waals surface area (Å²) >= 11 is 5.00. The summed E-state index contributed by atoms with van der Waals surface area (Å²) in [5.41, 5.74) is 2.91. The SMILES string of the molecule is COc1ccc(-n2nc3c(c2NC(=O)c2ccc(Br)o2)CSC3)cc1. The summed E-state index contributed by atoms with van der Waals surface area (Å²) in [6.45, 7) is 0. The number of carbonyl (C=O) groups excluding carboxylic acids is 1. The van der Waals surface area contributed by atoms with E-state index < -0.39 is 0 Å². The molecule has 2 aromatic heterocycles. The molecule has 0 spiro atoms. The zero-order valence-corrected chi connectivity index (χ0v) is 15.7. The van der Waals surface area contributed by atoms with Gasteiger partial charge in [0.1, 0.15) is 11.6 Å². The van der Waals surface area contributed by atoms with Crippen LogP contribution in [-0.2, 0) is 11.5 Å². The lowest BCUT2D eigenvalue weighted by Crippen LogP contribution is -2.15. The van der Waals surface area contributed by atoms with Crippen LogP contribution in [0.15, 0.2) is 45.5 Å². The van der Waals surface area contributed by atoms with E-state index in [1.165, 1.54) is 0 Å². The number of benzene rings is 1. The molecule has 1 aromatic carbocycles. The Hall–Kier alpha value is -2.19. The number of thioether (sulfide) groups is 1. The number of halogens is 1. The second kappa shape index (κ2) is 6.61. The highest BCUT2D eigenvalue weighted by Gasteiger charge is 2.25. The van der Waals surface area contributed by atoms with Crippen LogP contribution in [0.2, 0.25) is 0 Å². The van der Waals surface area contributed by atoms with E-state index in [9.17, 15) is 4.79 Å². The minimum Gasteiger partial charge on any atom is -0.497 e. The number of nitrogens with one attached hydrogen (secondary N) is 1. The van der Waals surface area contributed by atoms with Crippen molar-refractivity contribution in [1.29, 1.82) is 0 Å². The molecule has 0 saturated carbocycles. The summed E-state index contributed by atoms with van der Waals surface area (Å²) in [7, 11) is 1.63. The first-order chi connectivity index (χ1) is 12.2. The molecule has 4 rings (SSSR count). The van der Waals surface area contributed by atoms with Crippen LogP contribution in [0, 0.1) is 0 Å². The van der Waals surface area contributed by atoms with E-state index in [1.807, 2.05) is 24.3 Å². The monoisotopic (exact) mass is 419 g/mol. The number of nitrogens with zero attached hydrogens (tertiary/aromatic N) is 2. The van der Waals surface area contributed by atoms with Crippen LogP contribution in [0.3, 0.4) is 0 Å². The highest BCUT2D eigenvalue weighted by molar-refractivity contribution is 9.10. The van der Waals surface area contributed by atoms with Gasteiger partial charge in [0.2, 0.25) is 0 Å². The number of carbonyl (C=O) groups is 1. The van der Waals surface area contributed by atoms with Gasteiger partial charge in [0.15, 0.2) is 10.4 Å². The van der Waals surface area contributed by atoms with E-state index in [2.05, 4.69) is 26.3 Å². The minimum absolute atomic E-state index is 0.244. The second-order valence-electron chi connectivity index (χ2n) is 5.43. The molecular formula is C17H14BrN3O3S. The molecule has 0 unspecified atom stereocenters. The molecule has 3 aromatic rings. The first-order valence-corrected chi connectivity index (χ1v) is 9.50. The number of aromatic nitrogens is 2. The maximum absolute atomic E-state index is 12.5. The van der Waals surface area contributed by atoms with E-state index in [0.29, 0.717) is 10.5 Å². The quantitative estimate of drug-likeness (QED) is 0.684. The zero-order valence-electron chi connectivity index (χ0n) is 13.3. The van der Waals surface area contributed by atoms with E-state index >= 15 is 0 Å². The van der Waals surface area contributed by atoms with Crippen molar-refractivity contribution in [2.24, 2.45) is 0 Å². The van der Waals surface area contributed by atoms with Gasteiger partial charge in [0.05, 0.1) is 18.5 Å². The Bertz CT molecular complexity index is 933. The van der Waals surface area contributed by atoms with Crippen molar-refractivity contribution in [3.63, 3.8) is 0 Å². The summed E-state index contributed by atoms with van der Waals surface area (Å²) in [6.07, 6.45) is 0. The molecule has 0 bridgehead atoms. The normalized spacial score (nSPS) is 12.9. The fourth-order valence-electron chi connectivity index (χ4n) is 2.66. The topological polar surface area (TPSA) is 69.3 Å². The Balaban J connectivity index is 1.71. The van der Waals surface area contributed by atoms with Gasteiger partial charge in [0, 0.05) is 17.1 Å². The summed E-state index contributed by atoms with van der Waals surface area (Å²) in [6, 6.07) is 10.9. The molecule has 0 fully saturated rings. The third-order valence-electron chi connectivity index (χ3n) is 3.90. The molecule has 1 aliphatic rings. The zero-order chi connectivity index (χ0) is 17.4. The number of furan rings is 1. The second-order valence-corrected chi connectivity index (χ2v) is 7.20. The van der Waals surface area contributed by atoms with Crippen molar-refractivity contribution in [3.05, 3.63) is 58.1 Å². The van der Waals surface area contributed by atoms with Crippen molar-refractivity contribution in [3.8, 4) is 11.4 Å². The van der Waals surface area contributed by atoms with E-state index in [4.69, 9.17) is 9.15 Å². The van der Waals surface area contributed by atoms with Crippen molar-refractivity contribution in [1.82, 2.24) is 9.78 Å². The van der Waals surface area contributed by atoms with Gasteiger partial charge in [-0.1, -0.05) is 0 Å². The number of methoxy groups -OCH3 is 1. The van der Waals surface area contributed by atoms with Crippen LogP contribution >= 0.6 is 27.7 Å². The van der Waals surface area contributed by atoms with Crippen molar-refractivity contribution in [2.75, 3.05) is 12.4 Å². The average molecular weight is 420 g/mol. The third-order valence-corrected chi connectivity index (χ3v) is 5.29. The van der Waals surface area contributed by atoms with Gasteiger partial charge in [-0.25, -0.2) is 4.68 Å². The van der Waals surface area contributed by atoms with Gasteiger partial charge >= 0.3 is 0 Å². The lowest BCUT2D eigenvalue weighted by atomic mass is 10.2. The Labute approximate surface area is 156 Å². The lowest BCUT2D eigenvalue weighted by molar-refractivity contribution is 0.0994. The molecule has 1 N–H and O–H groups in total. The summed E-state index contributed by atoms with van der Waals surface area (Å²) in [5, 5.41) is 7.62. The van der Waals surface area contributed by atoms with Gasteiger partial charge in [0.25, 0.3) is 5.91 Å². The molecule has 6 nitrogen and oxygen atoms in total. The first kappa shape index (κ1) is 16.3. The molecule has 1 aliphatic heterocycles. The third kappa shape index (κ3) is 3.07.